The monoisotopic (exact) mass is 354 g/mol. The fraction of sp³-hybridized carbons (Fsp3) is 0.421. The summed E-state index contributed by atoms with van der Waals surface area (Å²) < 4.78 is 11.1. The van der Waals surface area contributed by atoms with E-state index in [2.05, 4.69) is 22.2 Å². The third-order valence-electron chi connectivity index (χ3n) is 4.62. The van der Waals surface area contributed by atoms with Crippen LogP contribution in [0.5, 0.6) is 11.5 Å². The number of nitrogens with zero attached hydrogens (tertiary/aromatic N) is 3. The number of rotatable bonds is 3. The minimum atomic E-state index is -0.0378. The van der Waals surface area contributed by atoms with Gasteiger partial charge in [0.2, 0.25) is 5.95 Å². The van der Waals surface area contributed by atoms with Crippen molar-refractivity contribution >= 4 is 17.5 Å². The molecular weight excluding hydrogens is 332 g/mol. The van der Waals surface area contributed by atoms with E-state index in [9.17, 15) is 4.79 Å². The molecule has 7 heteroatoms. The first-order chi connectivity index (χ1) is 12.7. The van der Waals surface area contributed by atoms with Gasteiger partial charge in [0.15, 0.2) is 11.5 Å². The van der Waals surface area contributed by atoms with E-state index in [4.69, 9.17) is 9.47 Å². The summed E-state index contributed by atoms with van der Waals surface area (Å²) in [5.74, 6) is 2.30. The van der Waals surface area contributed by atoms with Gasteiger partial charge in [-0.2, -0.15) is 0 Å². The highest BCUT2D eigenvalue weighted by molar-refractivity contribution is 5.92. The first-order valence-corrected chi connectivity index (χ1v) is 8.98. The van der Waals surface area contributed by atoms with E-state index in [0.29, 0.717) is 36.5 Å². The second-order valence-electron chi connectivity index (χ2n) is 6.75. The molecular formula is C19H22N4O3. The minimum absolute atomic E-state index is 0.0378. The molecule has 7 nitrogen and oxygen atoms in total. The highest BCUT2D eigenvalue weighted by atomic mass is 16.6. The van der Waals surface area contributed by atoms with Crippen molar-refractivity contribution in [2.45, 2.75) is 19.8 Å². The molecule has 2 aliphatic rings. The first kappa shape index (κ1) is 16.6. The predicted molar refractivity (Wildman–Crippen MR) is 97.0 cm³/mol. The van der Waals surface area contributed by atoms with Crippen molar-refractivity contribution in [3.8, 4) is 11.5 Å². The first-order valence-electron chi connectivity index (χ1n) is 8.98. The van der Waals surface area contributed by atoms with Gasteiger partial charge in [-0.1, -0.05) is 6.92 Å². The van der Waals surface area contributed by atoms with Crippen LogP contribution in [0.4, 0.5) is 11.6 Å². The van der Waals surface area contributed by atoms with Crippen LogP contribution in [-0.2, 0) is 0 Å². The molecule has 1 N–H and O–H groups in total. The lowest BCUT2D eigenvalue weighted by Crippen LogP contribution is -2.39. The number of carbonyl (C=O) groups is 1. The van der Waals surface area contributed by atoms with Crippen molar-refractivity contribution in [1.29, 1.82) is 0 Å². The Morgan fingerprint density at radius 1 is 1.23 bits per heavy atom. The number of fused-ring (bicyclic) bond motifs is 1. The Morgan fingerprint density at radius 2 is 2.08 bits per heavy atom. The number of amides is 1. The average Bonchev–Trinajstić information content (AvgIpc) is 2.67. The topological polar surface area (TPSA) is 76.6 Å². The molecule has 4 rings (SSSR count). The van der Waals surface area contributed by atoms with Crippen molar-refractivity contribution in [1.82, 2.24) is 14.9 Å². The number of ether oxygens (including phenoxy) is 2. The summed E-state index contributed by atoms with van der Waals surface area (Å²) >= 11 is 0. The average molecular weight is 354 g/mol. The Labute approximate surface area is 152 Å². The van der Waals surface area contributed by atoms with Crippen molar-refractivity contribution in [2.75, 3.05) is 31.6 Å². The lowest BCUT2D eigenvalue weighted by atomic mass is 10.00. The van der Waals surface area contributed by atoms with E-state index >= 15 is 0 Å². The van der Waals surface area contributed by atoms with Crippen LogP contribution in [0, 0.1) is 5.92 Å². The van der Waals surface area contributed by atoms with Crippen LogP contribution in [0.15, 0.2) is 30.5 Å². The van der Waals surface area contributed by atoms with Gasteiger partial charge in [0.1, 0.15) is 18.9 Å². The van der Waals surface area contributed by atoms with Crippen LogP contribution in [-0.4, -0.2) is 47.1 Å². The zero-order chi connectivity index (χ0) is 17.9. The van der Waals surface area contributed by atoms with Crippen LogP contribution in [0.25, 0.3) is 0 Å². The molecule has 3 heterocycles. The summed E-state index contributed by atoms with van der Waals surface area (Å²) in [6, 6.07) is 7.23. The number of benzene rings is 1. The van der Waals surface area contributed by atoms with Gasteiger partial charge in [-0.25, -0.2) is 9.97 Å². The Morgan fingerprint density at radius 3 is 2.92 bits per heavy atom. The van der Waals surface area contributed by atoms with Gasteiger partial charge in [0, 0.05) is 31.0 Å². The maximum Gasteiger partial charge on any atom is 0.272 e. The Hall–Kier alpha value is -2.83. The van der Waals surface area contributed by atoms with Crippen LogP contribution in [0.3, 0.4) is 0 Å². The lowest BCUT2D eigenvalue weighted by molar-refractivity contribution is 0.0677. The summed E-state index contributed by atoms with van der Waals surface area (Å²) in [7, 11) is 0. The Kier molecular flexibility index (Phi) is 4.60. The predicted octanol–water partition coefficient (Wildman–Crippen LogP) is 2.86. The number of likely N-dealkylation sites (tertiary alicyclic amines) is 1. The second kappa shape index (κ2) is 7.19. The molecule has 1 amide bonds. The summed E-state index contributed by atoms with van der Waals surface area (Å²) in [5.41, 5.74) is 1.19. The van der Waals surface area contributed by atoms with E-state index in [1.165, 1.54) is 6.42 Å². The van der Waals surface area contributed by atoms with Crippen molar-refractivity contribution in [3.05, 3.63) is 36.2 Å². The van der Waals surface area contributed by atoms with E-state index in [1.54, 1.807) is 12.3 Å². The summed E-state index contributed by atoms with van der Waals surface area (Å²) in [6.07, 6.45) is 3.82. The molecule has 1 saturated heterocycles. The fourth-order valence-corrected chi connectivity index (χ4v) is 3.32. The zero-order valence-electron chi connectivity index (χ0n) is 14.8. The fourth-order valence-electron chi connectivity index (χ4n) is 3.32. The van der Waals surface area contributed by atoms with Crippen molar-refractivity contribution in [3.63, 3.8) is 0 Å². The molecule has 0 spiro atoms. The molecule has 1 atom stereocenters. The standard InChI is InChI=1S/C19H22N4O3/c1-13-3-2-8-23(12-13)18(24)15-6-7-20-19(22-15)21-14-4-5-16-17(11-14)26-10-9-25-16/h4-7,11,13H,2-3,8-10,12H2,1H3,(H,20,21,22). The number of anilines is 2. The molecule has 1 fully saturated rings. The number of aromatic nitrogens is 2. The van der Waals surface area contributed by atoms with E-state index < -0.39 is 0 Å². The van der Waals surface area contributed by atoms with E-state index in [0.717, 1.165) is 30.9 Å². The molecule has 26 heavy (non-hydrogen) atoms. The molecule has 2 aromatic rings. The Bertz CT molecular complexity index is 811. The van der Waals surface area contributed by atoms with Gasteiger partial charge in [-0.3, -0.25) is 4.79 Å². The summed E-state index contributed by atoms with van der Waals surface area (Å²) in [5, 5.41) is 3.13. The van der Waals surface area contributed by atoms with E-state index in [1.807, 2.05) is 23.1 Å². The molecule has 136 valence electrons. The van der Waals surface area contributed by atoms with Crippen LogP contribution in [0.2, 0.25) is 0 Å². The number of carbonyl (C=O) groups excluding carboxylic acids is 1. The number of hydrogen-bond donors (Lipinski definition) is 1. The Balaban J connectivity index is 1.50. The zero-order valence-corrected chi connectivity index (χ0v) is 14.8. The van der Waals surface area contributed by atoms with Crippen LogP contribution < -0.4 is 14.8 Å². The molecule has 1 aromatic heterocycles. The van der Waals surface area contributed by atoms with Gasteiger partial charge in [0.25, 0.3) is 5.91 Å². The van der Waals surface area contributed by atoms with Gasteiger partial charge >= 0.3 is 0 Å². The highest BCUT2D eigenvalue weighted by Gasteiger charge is 2.23. The van der Waals surface area contributed by atoms with Gasteiger partial charge in [0.05, 0.1) is 0 Å². The van der Waals surface area contributed by atoms with Gasteiger partial charge in [-0.05, 0) is 37.0 Å². The molecule has 1 aromatic carbocycles. The quantitative estimate of drug-likeness (QED) is 0.913. The summed E-state index contributed by atoms with van der Waals surface area (Å²) in [6.45, 7) is 4.84. The smallest absolute Gasteiger partial charge is 0.272 e. The number of nitrogens with one attached hydrogen (secondary N) is 1. The molecule has 0 radical (unpaired) electrons. The van der Waals surface area contributed by atoms with E-state index in [-0.39, 0.29) is 5.91 Å². The number of piperidine rings is 1. The molecule has 1 unspecified atom stereocenters. The lowest BCUT2D eigenvalue weighted by Gasteiger charge is -2.30. The third-order valence-corrected chi connectivity index (χ3v) is 4.62. The third kappa shape index (κ3) is 3.56. The van der Waals surface area contributed by atoms with Crippen molar-refractivity contribution < 1.29 is 14.3 Å². The SMILES string of the molecule is CC1CCCN(C(=O)c2ccnc(Nc3ccc4c(c3)OCCO4)n2)C1. The second-order valence-corrected chi connectivity index (χ2v) is 6.75. The maximum absolute atomic E-state index is 12.7. The van der Waals surface area contributed by atoms with Gasteiger partial charge in [-0.15, -0.1) is 0 Å². The maximum atomic E-state index is 12.7. The minimum Gasteiger partial charge on any atom is -0.486 e. The molecule has 0 saturated carbocycles. The summed E-state index contributed by atoms with van der Waals surface area (Å²) in [4.78, 5) is 23.2. The van der Waals surface area contributed by atoms with Gasteiger partial charge < -0.3 is 19.7 Å². The normalized spacial score (nSPS) is 19.1. The highest BCUT2D eigenvalue weighted by Crippen LogP contribution is 2.33. The molecule has 0 bridgehead atoms. The molecule has 0 aliphatic carbocycles. The largest absolute Gasteiger partial charge is 0.486 e. The van der Waals surface area contributed by atoms with Crippen molar-refractivity contribution in [2.24, 2.45) is 5.92 Å². The van der Waals surface area contributed by atoms with Crippen LogP contribution >= 0.6 is 0 Å². The molecule has 2 aliphatic heterocycles. The van der Waals surface area contributed by atoms with Crippen LogP contribution in [0.1, 0.15) is 30.3 Å². The number of hydrogen-bond acceptors (Lipinski definition) is 6.